The summed E-state index contributed by atoms with van der Waals surface area (Å²) in [4.78, 5) is 34.7. The second kappa shape index (κ2) is 6.09. The second-order valence-corrected chi connectivity index (χ2v) is 4.27. The predicted molar refractivity (Wildman–Crippen MR) is 64.1 cm³/mol. The van der Waals surface area contributed by atoms with Crippen LogP contribution < -0.4 is 11.2 Å². The first-order valence-corrected chi connectivity index (χ1v) is 5.89. The van der Waals surface area contributed by atoms with Crippen LogP contribution in [0.25, 0.3) is 0 Å². The molecule has 4 atom stereocenters. The first-order valence-electron chi connectivity index (χ1n) is 5.89. The van der Waals surface area contributed by atoms with Gasteiger partial charge in [-0.15, -0.1) is 0 Å². The van der Waals surface area contributed by atoms with Crippen LogP contribution in [0.3, 0.4) is 0 Å². The predicted octanol–water partition coefficient (Wildman–Crippen LogP) is -2.63. The number of nitrogens with one attached hydrogen (secondary N) is 1. The van der Waals surface area contributed by atoms with Crippen LogP contribution in [0.4, 0.5) is 0 Å². The Morgan fingerprint density at radius 1 is 1.40 bits per heavy atom. The lowest BCUT2D eigenvalue weighted by Crippen LogP contribution is -2.37. The van der Waals surface area contributed by atoms with Crippen molar-refractivity contribution in [2.45, 2.75) is 24.5 Å². The van der Waals surface area contributed by atoms with Crippen LogP contribution >= 0.6 is 0 Å². The highest BCUT2D eigenvalue weighted by atomic mass is 16.6. The van der Waals surface area contributed by atoms with Crippen LogP contribution in [0.5, 0.6) is 0 Å². The maximum atomic E-state index is 11.6. The number of aliphatic hydroxyl groups excluding tert-OH is 2. The van der Waals surface area contributed by atoms with Crippen LogP contribution in [0, 0.1) is 0 Å². The Balaban J connectivity index is 2.15. The largest absolute Gasteiger partial charge is 0.387 e. The van der Waals surface area contributed by atoms with Crippen molar-refractivity contribution in [3.05, 3.63) is 33.1 Å². The van der Waals surface area contributed by atoms with Gasteiger partial charge in [-0.25, -0.2) is 4.79 Å². The highest BCUT2D eigenvalue weighted by molar-refractivity contribution is 5.50. The molecule has 0 aromatic carbocycles. The van der Waals surface area contributed by atoms with Gasteiger partial charge in [0.25, 0.3) is 5.56 Å². The molecule has 0 spiro atoms. The van der Waals surface area contributed by atoms with Crippen LogP contribution in [-0.2, 0) is 14.3 Å². The normalized spacial score (nSPS) is 29.5. The number of nitrogens with zero attached hydrogens (tertiary/aromatic N) is 1. The highest BCUT2D eigenvalue weighted by Crippen LogP contribution is 2.28. The Morgan fingerprint density at radius 2 is 2.15 bits per heavy atom. The summed E-state index contributed by atoms with van der Waals surface area (Å²) in [6, 6.07) is 1.10. The van der Waals surface area contributed by atoms with Crippen molar-refractivity contribution < 1.29 is 24.5 Å². The molecule has 110 valence electrons. The average Bonchev–Trinajstić information content (AvgIpc) is 2.68. The first kappa shape index (κ1) is 14.6. The number of hydrogen-bond donors (Lipinski definition) is 3. The van der Waals surface area contributed by atoms with Crippen LogP contribution in [0.1, 0.15) is 6.23 Å². The van der Waals surface area contributed by atoms with Crippen LogP contribution in [0.2, 0.25) is 0 Å². The number of rotatable bonds is 5. The lowest BCUT2D eigenvalue weighted by atomic mass is 10.1. The van der Waals surface area contributed by atoms with E-state index < -0.39 is 35.8 Å². The first-order chi connectivity index (χ1) is 9.54. The molecule has 2 unspecified atom stereocenters. The molecular weight excluding hydrogens is 272 g/mol. The van der Waals surface area contributed by atoms with Gasteiger partial charge in [0, 0.05) is 12.3 Å². The fraction of sp³-hybridized carbons (Fsp3) is 0.545. The summed E-state index contributed by atoms with van der Waals surface area (Å²) in [5, 5.41) is 19.7. The van der Waals surface area contributed by atoms with Gasteiger partial charge in [-0.05, 0) is 0 Å². The molecule has 1 aromatic rings. The summed E-state index contributed by atoms with van der Waals surface area (Å²) in [6.45, 7) is -0.266. The Labute approximate surface area is 112 Å². The lowest BCUT2D eigenvalue weighted by molar-refractivity contribution is -0.115. The van der Waals surface area contributed by atoms with Gasteiger partial charge in [-0.2, -0.15) is 0 Å². The van der Waals surface area contributed by atoms with Crippen LogP contribution in [-0.4, -0.2) is 57.6 Å². The lowest BCUT2D eigenvalue weighted by Gasteiger charge is -2.16. The molecule has 0 saturated carbocycles. The zero-order valence-corrected chi connectivity index (χ0v) is 10.3. The van der Waals surface area contributed by atoms with Crippen molar-refractivity contribution in [2.75, 3.05) is 13.2 Å². The topological polar surface area (TPSA) is 131 Å². The Hall–Kier alpha value is -1.81. The minimum atomic E-state index is -1.36. The average molecular weight is 286 g/mol. The highest BCUT2D eigenvalue weighted by Gasteiger charge is 2.44. The van der Waals surface area contributed by atoms with E-state index in [2.05, 4.69) is 0 Å². The summed E-state index contributed by atoms with van der Waals surface area (Å²) < 4.78 is 11.2. The molecule has 0 radical (unpaired) electrons. The summed E-state index contributed by atoms with van der Waals surface area (Å²) >= 11 is 0. The molecule has 1 saturated heterocycles. The molecule has 1 aliphatic rings. The number of carbonyl (C=O) groups excluding carboxylic acids is 1. The van der Waals surface area contributed by atoms with E-state index in [1.165, 1.54) is 0 Å². The molecule has 9 heteroatoms. The second-order valence-electron chi connectivity index (χ2n) is 4.27. The van der Waals surface area contributed by atoms with Gasteiger partial charge in [0.2, 0.25) is 0 Å². The quantitative estimate of drug-likeness (QED) is 0.398. The van der Waals surface area contributed by atoms with Gasteiger partial charge < -0.3 is 24.5 Å². The third-order valence-electron chi connectivity index (χ3n) is 2.93. The molecule has 20 heavy (non-hydrogen) atoms. The fourth-order valence-electron chi connectivity index (χ4n) is 1.96. The molecule has 1 aliphatic heterocycles. The zero-order chi connectivity index (χ0) is 14.7. The Bertz CT molecular complexity index is 581. The molecular formula is C11H14N2O7. The van der Waals surface area contributed by atoms with E-state index in [-0.39, 0.29) is 13.2 Å². The van der Waals surface area contributed by atoms with Gasteiger partial charge in [0.15, 0.2) is 6.23 Å². The number of ether oxygens (including phenoxy) is 2. The van der Waals surface area contributed by atoms with E-state index in [1.54, 1.807) is 0 Å². The van der Waals surface area contributed by atoms with E-state index in [0.717, 1.165) is 16.8 Å². The zero-order valence-electron chi connectivity index (χ0n) is 10.3. The minimum absolute atomic E-state index is 0.106. The molecule has 1 fully saturated rings. The van der Waals surface area contributed by atoms with Gasteiger partial charge in [-0.1, -0.05) is 0 Å². The molecule has 2 heterocycles. The third kappa shape index (κ3) is 2.85. The monoisotopic (exact) mass is 286 g/mol. The molecule has 0 amide bonds. The number of hydrogen-bond acceptors (Lipinski definition) is 7. The van der Waals surface area contributed by atoms with Crippen molar-refractivity contribution in [3.8, 4) is 0 Å². The van der Waals surface area contributed by atoms with Gasteiger partial charge in [0.05, 0.1) is 6.61 Å². The maximum absolute atomic E-state index is 11.6. The van der Waals surface area contributed by atoms with Crippen LogP contribution in [0.15, 0.2) is 21.9 Å². The Kier molecular flexibility index (Phi) is 4.45. The number of carbonyl (C=O) groups is 1. The van der Waals surface area contributed by atoms with Crippen molar-refractivity contribution in [1.29, 1.82) is 0 Å². The smallest absolute Gasteiger partial charge is 0.330 e. The molecule has 0 bridgehead atoms. The number of aliphatic hydroxyl groups is 2. The SMILES string of the molecule is O=CCOC[C@@H]1O[C@H](n2ccc(=O)[nH]c2=O)C(O)C1O. The molecule has 3 N–H and O–H groups in total. The van der Waals surface area contributed by atoms with Crippen molar-refractivity contribution in [1.82, 2.24) is 9.55 Å². The van der Waals surface area contributed by atoms with E-state index in [0.29, 0.717) is 6.29 Å². The summed E-state index contributed by atoms with van der Waals surface area (Å²) in [5.41, 5.74) is -1.34. The number of H-pyrrole nitrogens is 1. The van der Waals surface area contributed by atoms with E-state index in [4.69, 9.17) is 9.47 Å². The number of aromatic amines is 1. The summed E-state index contributed by atoms with van der Waals surface area (Å²) in [7, 11) is 0. The van der Waals surface area contributed by atoms with Gasteiger partial charge >= 0.3 is 5.69 Å². The maximum Gasteiger partial charge on any atom is 0.330 e. The number of aromatic nitrogens is 2. The molecule has 2 rings (SSSR count). The minimum Gasteiger partial charge on any atom is -0.387 e. The summed E-state index contributed by atoms with van der Waals surface area (Å²) in [5.74, 6) is 0. The molecule has 9 nitrogen and oxygen atoms in total. The number of aldehydes is 1. The third-order valence-corrected chi connectivity index (χ3v) is 2.93. The summed E-state index contributed by atoms with van der Waals surface area (Å²) in [6.07, 6.45) is -2.94. The molecule has 0 aliphatic carbocycles. The van der Waals surface area contributed by atoms with E-state index in [1.807, 2.05) is 4.98 Å². The fourth-order valence-corrected chi connectivity index (χ4v) is 1.96. The standard InChI is InChI=1S/C11H14N2O7/c14-3-4-19-5-6-8(16)9(17)10(20-6)13-2-1-7(15)12-11(13)18/h1-3,6,8-10,16-17H,4-5H2,(H,12,15,18)/t6-,8?,9?,10-/m0/s1. The van der Waals surface area contributed by atoms with Gasteiger partial charge in [0.1, 0.15) is 31.2 Å². The van der Waals surface area contributed by atoms with Crippen molar-refractivity contribution in [3.63, 3.8) is 0 Å². The van der Waals surface area contributed by atoms with Gasteiger partial charge in [-0.3, -0.25) is 14.3 Å². The van der Waals surface area contributed by atoms with Crippen molar-refractivity contribution >= 4 is 6.29 Å². The van der Waals surface area contributed by atoms with E-state index in [9.17, 15) is 24.6 Å². The molecule has 1 aromatic heterocycles. The Morgan fingerprint density at radius 3 is 2.80 bits per heavy atom. The van der Waals surface area contributed by atoms with Crippen molar-refractivity contribution in [2.24, 2.45) is 0 Å². The van der Waals surface area contributed by atoms with E-state index >= 15 is 0 Å².